The first-order chi connectivity index (χ1) is 5.58. The Morgan fingerprint density at radius 1 is 1.33 bits per heavy atom. The molecule has 2 saturated carbocycles. The molecule has 0 heterocycles. The van der Waals surface area contributed by atoms with Gasteiger partial charge in [0.2, 0.25) is 0 Å². The number of hydrogen-bond donors (Lipinski definition) is 0. The zero-order chi connectivity index (χ0) is 8.82. The quantitative estimate of drug-likeness (QED) is 0.598. The molecule has 70 valence electrons. The Labute approximate surface area is 84.2 Å². The summed E-state index contributed by atoms with van der Waals surface area (Å²) in [5.74, 6) is 1.01. The van der Waals surface area contributed by atoms with Crippen LogP contribution in [0.1, 0.15) is 46.0 Å². The summed E-state index contributed by atoms with van der Waals surface area (Å²) in [7, 11) is 0. The highest BCUT2D eigenvalue weighted by atomic mass is 79.9. The van der Waals surface area contributed by atoms with E-state index in [0.29, 0.717) is 5.41 Å². The van der Waals surface area contributed by atoms with Gasteiger partial charge in [-0.3, -0.25) is 0 Å². The molecule has 2 atom stereocenters. The average molecular weight is 231 g/mol. The maximum Gasteiger partial charge on any atom is 0.00651 e. The molecule has 0 bridgehead atoms. The lowest BCUT2D eigenvalue weighted by molar-refractivity contribution is 0.155. The summed E-state index contributed by atoms with van der Waals surface area (Å²) in [5, 5.41) is 1.24. The van der Waals surface area contributed by atoms with Gasteiger partial charge in [-0.2, -0.15) is 0 Å². The van der Waals surface area contributed by atoms with Gasteiger partial charge in [0, 0.05) is 5.33 Å². The van der Waals surface area contributed by atoms with Crippen LogP contribution in [0.3, 0.4) is 0 Å². The van der Waals surface area contributed by atoms with Crippen LogP contribution in [0.4, 0.5) is 0 Å². The van der Waals surface area contributed by atoms with Crippen LogP contribution in [0.25, 0.3) is 0 Å². The molecule has 0 aromatic carbocycles. The van der Waals surface area contributed by atoms with Crippen molar-refractivity contribution in [2.24, 2.45) is 16.7 Å². The van der Waals surface area contributed by atoms with E-state index in [4.69, 9.17) is 0 Å². The second kappa shape index (κ2) is 2.73. The van der Waals surface area contributed by atoms with E-state index in [1.54, 1.807) is 0 Å². The van der Waals surface area contributed by atoms with Crippen molar-refractivity contribution < 1.29 is 0 Å². The molecule has 0 N–H and O–H groups in total. The van der Waals surface area contributed by atoms with Crippen molar-refractivity contribution in [3.63, 3.8) is 0 Å². The Morgan fingerprint density at radius 3 is 2.58 bits per heavy atom. The van der Waals surface area contributed by atoms with Gasteiger partial charge in [0.05, 0.1) is 0 Å². The van der Waals surface area contributed by atoms with E-state index in [9.17, 15) is 0 Å². The molecular weight excluding hydrogens is 212 g/mol. The van der Waals surface area contributed by atoms with Crippen molar-refractivity contribution >= 4 is 15.9 Å². The van der Waals surface area contributed by atoms with Crippen molar-refractivity contribution in [3.8, 4) is 0 Å². The Kier molecular flexibility index (Phi) is 2.06. The summed E-state index contributed by atoms with van der Waals surface area (Å²) < 4.78 is 0. The normalized spacial score (nSPS) is 44.8. The van der Waals surface area contributed by atoms with E-state index in [1.165, 1.54) is 37.4 Å². The fourth-order valence-electron chi connectivity index (χ4n) is 3.22. The maximum atomic E-state index is 3.62. The first-order valence-electron chi connectivity index (χ1n) is 5.14. The van der Waals surface area contributed by atoms with E-state index in [0.717, 1.165) is 11.3 Å². The van der Waals surface area contributed by atoms with Gasteiger partial charge in [0.15, 0.2) is 0 Å². The van der Waals surface area contributed by atoms with E-state index in [-0.39, 0.29) is 0 Å². The zero-order valence-electron chi connectivity index (χ0n) is 8.20. The van der Waals surface area contributed by atoms with Crippen molar-refractivity contribution in [1.29, 1.82) is 0 Å². The van der Waals surface area contributed by atoms with Gasteiger partial charge in [0.25, 0.3) is 0 Å². The summed E-state index contributed by atoms with van der Waals surface area (Å²) >= 11 is 3.62. The van der Waals surface area contributed by atoms with Crippen molar-refractivity contribution in [2.45, 2.75) is 46.0 Å². The number of halogens is 1. The summed E-state index contributed by atoms with van der Waals surface area (Å²) in [4.78, 5) is 0. The molecule has 12 heavy (non-hydrogen) atoms. The topological polar surface area (TPSA) is 0 Å². The molecule has 0 radical (unpaired) electrons. The molecule has 0 amide bonds. The monoisotopic (exact) mass is 230 g/mol. The zero-order valence-corrected chi connectivity index (χ0v) is 9.78. The van der Waals surface area contributed by atoms with Crippen LogP contribution in [-0.4, -0.2) is 5.33 Å². The van der Waals surface area contributed by atoms with Crippen LogP contribution < -0.4 is 0 Å². The Morgan fingerprint density at radius 2 is 2.08 bits per heavy atom. The van der Waals surface area contributed by atoms with Gasteiger partial charge in [-0.15, -0.1) is 0 Å². The smallest absolute Gasteiger partial charge is 0.00651 e. The standard InChI is InChI=1S/C11H19Br/c1-10(2)4-3-5-11(8-10)6-9(11)7-12/h9H,3-8H2,1-2H3. The fourth-order valence-corrected chi connectivity index (χ4v) is 4.14. The largest absolute Gasteiger partial charge is 0.0925 e. The van der Waals surface area contributed by atoms with E-state index in [2.05, 4.69) is 29.8 Å². The third-order valence-corrected chi connectivity index (χ3v) is 4.69. The lowest BCUT2D eigenvalue weighted by Crippen LogP contribution is -2.25. The van der Waals surface area contributed by atoms with Crippen molar-refractivity contribution in [1.82, 2.24) is 0 Å². The van der Waals surface area contributed by atoms with Gasteiger partial charge in [0.1, 0.15) is 0 Å². The van der Waals surface area contributed by atoms with Gasteiger partial charge < -0.3 is 0 Å². The molecule has 2 rings (SSSR count). The molecule has 0 aliphatic heterocycles. The SMILES string of the molecule is CC1(C)CCCC2(CC2CBr)C1. The van der Waals surface area contributed by atoms with E-state index < -0.39 is 0 Å². The summed E-state index contributed by atoms with van der Waals surface area (Å²) in [6.45, 7) is 4.88. The molecule has 1 heteroatoms. The lowest BCUT2D eigenvalue weighted by atomic mass is 9.69. The highest BCUT2D eigenvalue weighted by Crippen LogP contribution is 2.65. The first-order valence-corrected chi connectivity index (χ1v) is 6.26. The van der Waals surface area contributed by atoms with Crippen LogP contribution in [0.5, 0.6) is 0 Å². The minimum Gasteiger partial charge on any atom is -0.0925 e. The van der Waals surface area contributed by atoms with Crippen molar-refractivity contribution in [2.75, 3.05) is 5.33 Å². The first kappa shape index (κ1) is 9.05. The van der Waals surface area contributed by atoms with Gasteiger partial charge in [-0.25, -0.2) is 0 Å². The number of hydrogen-bond acceptors (Lipinski definition) is 0. The predicted octanol–water partition coefficient (Wildman–Crippen LogP) is 3.99. The molecule has 2 aliphatic rings. The second-order valence-electron chi connectivity index (χ2n) is 5.61. The molecule has 0 nitrogen and oxygen atoms in total. The molecule has 1 spiro atoms. The van der Waals surface area contributed by atoms with Crippen LogP contribution in [0.2, 0.25) is 0 Å². The predicted molar refractivity (Wildman–Crippen MR) is 56.6 cm³/mol. The second-order valence-corrected chi connectivity index (χ2v) is 6.26. The van der Waals surface area contributed by atoms with Crippen LogP contribution in [0, 0.1) is 16.7 Å². The van der Waals surface area contributed by atoms with E-state index in [1.807, 2.05) is 0 Å². The van der Waals surface area contributed by atoms with Gasteiger partial charge in [-0.1, -0.05) is 36.2 Å². The lowest BCUT2D eigenvalue weighted by Gasteiger charge is -2.36. The minimum atomic E-state index is 0.634. The van der Waals surface area contributed by atoms with Crippen molar-refractivity contribution in [3.05, 3.63) is 0 Å². The minimum absolute atomic E-state index is 0.634. The molecule has 2 unspecified atom stereocenters. The van der Waals surface area contributed by atoms with Crippen LogP contribution >= 0.6 is 15.9 Å². The fraction of sp³-hybridized carbons (Fsp3) is 1.00. The van der Waals surface area contributed by atoms with Gasteiger partial charge >= 0.3 is 0 Å². The third-order valence-electron chi connectivity index (χ3n) is 3.90. The average Bonchev–Trinajstić information content (AvgIpc) is 2.60. The van der Waals surface area contributed by atoms with E-state index >= 15 is 0 Å². The molecule has 0 saturated heterocycles. The van der Waals surface area contributed by atoms with Gasteiger partial charge in [-0.05, 0) is 42.4 Å². The molecule has 2 fully saturated rings. The Bertz CT molecular complexity index is 185. The molecule has 0 aromatic rings. The number of alkyl halides is 1. The Hall–Kier alpha value is 0.480. The van der Waals surface area contributed by atoms with Crippen LogP contribution in [0.15, 0.2) is 0 Å². The van der Waals surface area contributed by atoms with Crippen LogP contribution in [-0.2, 0) is 0 Å². The highest BCUT2D eigenvalue weighted by molar-refractivity contribution is 9.09. The molecule has 0 aromatic heterocycles. The summed E-state index contributed by atoms with van der Waals surface area (Å²) in [6, 6.07) is 0. The molecular formula is C11H19Br. The Balaban J connectivity index is 2.01. The maximum absolute atomic E-state index is 3.62. The number of rotatable bonds is 1. The summed E-state index contributed by atoms with van der Waals surface area (Å²) in [5.41, 5.74) is 1.42. The highest BCUT2D eigenvalue weighted by Gasteiger charge is 2.56. The summed E-state index contributed by atoms with van der Waals surface area (Å²) in [6.07, 6.45) is 7.41. The molecule has 2 aliphatic carbocycles. The third kappa shape index (κ3) is 1.45.